The molecule has 2 aromatic rings. The number of amides is 1. The lowest BCUT2D eigenvalue weighted by Gasteiger charge is -2.00. The van der Waals surface area contributed by atoms with Crippen molar-refractivity contribution >= 4 is 23.7 Å². The molecule has 0 unspecified atom stereocenters. The minimum Gasteiger partial charge on any atom is -0.273 e. The van der Waals surface area contributed by atoms with Crippen molar-refractivity contribution in [1.82, 2.24) is 10.4 Å². The number of carbonyl (C=O) groups excluding carboxylic acids is 1. The zero-order chi connectivity index (χ0) is 13.5. The standard InChI is InChI=1S/C14H12ClN3O/c15-12-6-4-11(5-7-12)9-14(19)18-17-10-13-3-1-2-8-16-13/h1-8,10H,9H2,(H,18,19)/b17-10+. The van der Waals surface area contributed by atoms with Crippen molar-refractivity contribution in [1.29, 1.82) is 0 Å². The van der Waals surface area contributed by atoms with E-state index in [-0.39, 0.29) is 12.3 Å². The zero-order valence-electron chi connectivity index (χ0n) is 10.1. The van der Waals surface area contributed by atoms with Gasteiger partial charge in [-0.1, -0.05) is 29.8 Å². The van der Waals surface area contributed by atoms with E-state index in [0.29, 0.717) is 10.7 Å². The van der Waals surface area contributed by atoms with E-state index in [1.807, 2.05) is 24.3 Å². The van der Waals surface area contributed by atoms with Crippen LogP contribution in [-0.2, 0) is 11.2 Å². The maximum Gasteiger partial charge on any atom is 0.244 e. The molecule has 4 nitrogen and oxygen atoms in total. The molecular weight excluding hydrogens is 262 g/mol. The van der Waals surface area contributed by atoms with Crippen molar-refractivity contribution < 1.29 is 4.79 Å². The van der Waals surface area contributed by atoms with Gasteiger partial charge in [-0.05, 0) is 29.8 Å². The molecule has 0 aliphatic heterocycles. The summed E-state index contributed by atoms with van der Waals surface area (Å²) >= 11 is 5.77. The van der Waals surface area contributed by atoms with Gasteiger partial charge in [-0.3, -0.25) is 9.78 Å². The van der Waals surface area contributed by atoms with Gasteiger partial charge in [0.15, 0.2) is 0 Å². The van der Waals surface area contributed by atoms with Gasteiger partial charge in [0.1, 0.15) is 0 Å². The molecule has 0 aliphatic carbocycles. The topological polar surface area (TPSA) is 54.4 Å². The Morgan fingerprint density at radius 2 is 2.05 bits per heavy atom. The van der Waals surface area contributed by atoms with E-state index in [4.69, 9.17) is 11.6 Å². The fourth-order valence-corrected chi connectivity index (χ4v) is 1.58. The van der Waals surface area contributed by atoms with Crippen molar-refractivity contribution in [2.75, 3.05) is 0 Å². The third-order valence-electron chi connectivity index (χ3n) is 2.35. The molecule has 0 radical (unpaired) electrons. The van der Waals surface area contributed by atoms with Gasteiger partial charge in [-0.2, -0.15) is 5.10 Å². The molecule has 1 aromatic heterocycles. The van der Waals surface area contributed by atoms with Gasteiger partial charge in [0, 0.05) is 11.2 Å². The second-order valence-electron chi connectivity index (χ2n) is 3.85. The second-order valence-corrected chi connectivity index (χ2v) is 4.29. The Morgan fingerprint density at radius 1 is 1.26 bits per heavy atom. The molecule has 96 valence electrons. The Labute approximate surface area is 116 Å². The summed E-state index contributed by atoms with van der Waals surface area (Å²) in [6.45, 7) is 0. The Kier molecular flexibility index (Phi) is 4.64. The predicted molar refractivity (Wildman–Crippen MR) is 75.1 cm³/mol. The molecule has 19 heavy (non-hydrogen) atoms. The second kappa shape index (κ2) is 6.66. The lowest BCUT2D eigenvalue weighted by Crippen LogP contribution is -2.19. The molecule has 5 heteroatoms. The van der Waals surface area contributed by atoms with E-state index in [9.17, 15) is 4.79 Å². The van der Waals surface area contributed by atoms with Gasteiger partial charge in [0.05, 0.1) is 18.3 Å². The molecule has 0 fully saturated rings. The highest BCUT2D eigenvalue weighted by Crippen LogP contribution is 2.09. The fraction of sp³-hybridized carbons (Fsp3) is 0.0714. The number of rotatable bonds is 4. The van der Waals surface area contributed by atoms with Crippen molar-refractivity contribution in [2.45, 2.75) is 6.42 Å². The molecule has 0 atom stereocenters. The molecule has 1 amide bonds. The molecule has 1 aromatic carbocycles. The number of hydrazone groups is 1. The molecule has 1 N–H and O–H groups in total. The lowest BCUT2D eigenvalue weighted by atomic mass is 10.1. The van der Waals surface area contributed by atoms with E-state index in [0.717, 1.165) is 5.56 Å². The first kappa shape index (κ1) is 13.2. The number of halogens is 1. The van der Waals surface area contributed by atoms with Gasteiger partial charge >= 0.3 is 0 Å². The van der Waals surface area contributed by atoms with Crippen molar-refractivity contribution in [3.8, 4) is 0 Å². The van der Waals surface area contributed by atoms with Crippen LogP contribution in [0, 0.1) is 0 Å². The third kappa shape index (κ3) is 4.52. The first-order valence-electron chi connectivity index (χ1n) is 5.71. The van der Waals surface area contributed by atoms with E-state index in [1.165, 1.54) is 6.21 Å². The summed E-state index contributed by atoms with van der Waals surface area (Å²) in [6.07, 6.45) is 3.42. The van der Waals surface area contributed by atoms with Crippen LogP contribution in [0.4, 0.5) is 0 Å². The molecule has 0 bridgehead atoms. The summed E-state index contributed by atoms with van der Waals surface area (Å²) in [6, 6.07) is 12.6. The monoisotopic (exact) mass is 273 g/mol. The molecular formula is C14H12ClN3O. The normalized spacial score (nSPS) is 10.6. The Morgan fingerprint density at radius 3 is 2.74 bits per heavy atom. The first-order chi connectivity index (χ1) is 9.24. The first-order valence-corrected chi connectivity index (χ1v) is 6.09. The molecule has 0 spiro atoms. The summed E-state index contributed by atoms with van der Waals surface area (Å²) in [5.41, 5.74) is 4.03. The number of benzene rings is 1. The SMILES string of the molecule is O=C(Cc1ccc(Cl)cc1)N/N=C/c1ccccn1. The number of carbonyl (C=O) groups is 1. The number of nitrogens with zero attached hydrogens (tertiary/aromatic N) is 2. The van der Waals surface area contributed by atoms with Gasteiger partial charge in [0.25, 0.3) is 0 Å². The minimum absolute atomic E-state index is 0.186. The summed E-state index contributed by atoms with van der Waals surface area (Å²) in [5, 5.41) is 4.49. The van der Waals surface area contributed by atoms with Crippen molar-refractivity contribution in [2.24, 2.45) is 5.10 Å². The number of hydrogen-bond donors (Lipinski definition) is 1. The number of nitrogens with one attached hydrogen (secondary N) is 1. The average molecular weight is 274 g/mol. The van der Waals surface area contributed by atoms with Crippen LogP contribution >= 0.6 is 11.6 Å². The summed E-state index contributed by atoms with van der Waals surface area (Å²) in [7, 11) is 0. The Balaban J connectivity index is 1.85. The Hall–Kier alpha value is -2.20. The van der Waals surface area contributed by atoms with Crippen LogP contribution in [0.1, 0.15) is 11.3 Å². The summed E-state index contributed by atoms with van der Waals surface area (Å²) in [4.78, 5) is 15.7. The number of aromatic nitrogens is 1. The van der Waals surface area contributed by atoms with Crippen LogP contribution in [-0.4, -0.2) is 17.1 Å². The van der Waals surface area contributed by atoms with Crippen LogP contribution in [0.3, 0.4) is 0 Å². The van der Waals surface area contributed by atoms with Crippen molar-refractivity contribution in [3.05, 3.63) is 64.9 Å². The predicted octanol–water partition coefficient (Wildman–Crippen LogP) is 2.43. The van der Waals surface area contributed by atoms with Gasteiger partial charge in [0.2, 0.25) is 5.91 Å². The smallest absolute Gasteiger partial charge is 0.244 e. The highest BCUT2D eigenvalue weighted by atomic mass is 35.5. The highest BCUT2D eigenvalue weighted by molar-refractivity contribution is 6.30. The van der Waals surface area contributed by atoms with Crippen LogP contribution in [0.5, 0.6) is 0 Å². The maximum absolute atomic E-state index is 11.6. The Bertz CT molecular complexity index is 567. The van der Waals surface area contributed by atoms with E-state index in [1.54, 1.807) is 24.4 Å². The average Bonchev–Trinajstić information content (AvgIpc) is 2.43. The molecule has 0 aliphatic rings. The highest BCUT2D eigenvalue weighted by Gasteiger charge is 2.01. The van der Waals surface area contributed by atoms with Gasteiger partial charge < -0.3 is 0 Å². The van der Waals surface area contributed by atoms with Gasteiger partial charge in [-0.15, -0.1) is 0 Å². The summed E-state index contributed by atoms with van der Waals surface area (Å²) in [5.74, 6) is -0.186. The van der Waals surface area contributed by atoms with Crippen molar-refractivity contribution in [3.63, 3.8) is 0 Å². The third-order valence-corrected chi connectivity index (χ3v) is 2.60. The number of hydrogen-bond acceptors (Lipinski definition) is 3. The lowest BCUT2D eigenvalue weighted by molar-refractivity contribution is -0.120. The molecule has 2 rings (SSSR count). The molecule has 1 heterocycles. The van der Waals surface area contributed by atoms with Gasteiger partial charge in [-0.25, -0.2) is 5.43 Å². The zero-order valence-corrected chi connectivity index (χ0v) is 10.8. The van der Waals surface area contributed by atoms with Crippen LogP contribution in [0.25, 0.3) is 0 Å². The number of pyridine rings is 1. The van der Waals surface area contributed by atoms with Crippen LogP contribution in [0.2, 0.25) is 5.02 Å². The van der Waals surface area contributed by atoms with Crippen LogP contribution < -0.4 is 5.43 Å². The van der Waals surface area contributed by atoms with Crippen LogP contribution in [0.15, 0.2) is 53.8 Å². The largest absolute Gasteiger partial charge is 0.273 e. The quantitative estimate of drug-likeness (QED) is 0.687. The summed E-state index contributed by atoms with van der Waals surface area (Å²) < 4.78 is 0. The van der Waals surface area contributed by atoms with E-state index in [2.05, 4.69) is 15.5 Å². The molecule has 0 saturated heterocycles. The minimum atomic E-state index is -0.186. The molecule has 0 saturated carbocycles. The van der Waals surface area contributed by atoms with E-state index < -0.39 is 0 Å². The fourth-order valence-electron chi connectivity index (χ4n) is 1.45. The van der Waals surface area contributed by atoms with E-state index >= 15 is 0 Å². The maximum atomic E-state index is 11.6.